The van der Waals surface area contributed by atoms with Gasteiger partial charge in [-0.2, -0.15) is 0 Å². The zero-order valence-electron chi connectivity index (χ0n) is 10.0. The maximum Gasteiger partial charge on any atom is 0.289 e. The molecule has 98 valence electrons. The molecule has 0 saturated carbocycles. The number of benzene rings is 1. The van der Waals surface area contributed by atoms with Crippen molar-refractivity contribution in [3.8, 4) is 11.3 Å². The van der Waals surface area contributed by atoms with Crippen LogP contribution in [0, 0.1) is 0 Å². The molecule has 0 unspecified atom stereocenters. The molecule has 0 bridgehead atoms. The van der Waals surface area contributed by atoms with Crippen LogP contribution < -0.4 is 0 Å². The Labute approximate surface area is 120 Å². The highest BCUT2D eigenvalue weighted by Crippen LogP contribution is 2.32. The first-order valence-electron chi connectivity index (χ1n) is 6.00. The van der Waals surface area contributed by atoms with E-state index in [1.54, 1.807) is 35.2 Å². The third kappa shape index (κ3) is 2.36. The van der Waals surface area contributed by atoms with Gasteiger partial charge in [-0.1, -0.05) is 23.2 Å². The summed E-state index contributed by atoms with van der Waals surface area (Å²) in [6.07, 6.45) is 1.05. The number of carbonyl (C=O) groups is 1. The van der Waals surface area contributed by atoms with Crippen LogP contribution in [0.5, 0.6) is 0 Å². The molecule has 3 rings (SSSR count). The molecule has 0 N–H and O–H groups in total. The van der Waals surface area contributed by atoms with Crippen LogP contribution in [0.1, 0.15) is 17.0 Å². The summed E-state index contributed by atoms with van der Waals surface area (Å²) >= 11 is 12.0. The number of amides is 1. The zero-order valence-corrected chi connectivity index (χ0v) is 11.5. The van der Waals surface area contributed by atoms with Gasteiger partial charge >= 0.3 is 0 Å². The molecule has 2 heterocycles. The number of carbonyl (C=O) groups excluding carboxylic acids is 1. The lowest BCUT2D eigenvalue weighted by molar-refractivity contribution is 0.0620. The molecule has 3 nitrogen and oxygen atoms in total. The average Bonchev–Trinajstić information content (AvgIpc) is 2.79. The molecule has 1 aliphatic rings. The van der Waals surface area contributed by atoms with Crippen molar-refractivity contribution in [2.45, 2.75) is 6.42 Å². The third-order valence-electron chi connectivity index (χ3n) is 3.15. The second-order valence-electron chi connectivity index (χ2n) is 4.43. The van der Waals surface area contributed by atoms with Crippen LogP contribution in [0.25, 0.3) is 11.3 Å². The number of likely N-dealkylation sites (tertiary alicyclic amines) is 1. The van der Waals surface area contributed by atoms with E-state index >= 15 is 0 Å². The number of nitrogens with zero attached hydrogens (tertiary/aromatic N) is 1. The van der Waals surface area contributed by atoms with E-state index in [1.165, 1.54) is 0 Å². The van der Waals surface area contributed by atoms with Gasteiger partial charge in [-0.25, -0.2) is 0 Å². The molecular formula is C14H11Cl2NO2. The fourth-order valence-electron chi connectivity index (χ4n) is 1.96. The van der Waals surface area contributed by atoms with Crippen LogP contribution in [-0.2, 0) is 0 Å². The Morgan fingerprint density at radius 3 is 2.63 bits per heavy atom. The standard InChI is InChI=1S/C14H11Cl2NO2/c15-9-2-3-11(16)10(8-9)12-4-5-13(19-12)14(18)17-6-1-7-17/h2-5,8H,1,6-7H2. The summed E-state index contributed by atoms with van der Waals surface area (Å²) in [6, 6.07) is 8.56. The highest BCUT2D eigenvalue weighted by atomic mass is 35.5. The van der Waals surface area contributed by atoms with E-state index in [2.05, 4.69) is 0 Å². The smallest absolute Gasteiger partial charge is 0.289 e. The molecule has 5 heteroatoms. The van der Waals surface area contributed by atoms with Crippen molar-refractivity contribution in [2.75, 3.05) is 13.1 Å². The van der Waals surface area contributed by atoms with E-state index in [0.717, 1.165) is 19.5 Å². The van der Waals surface area contributed by atoms with Gasteiger partial charge in [0, 0.05) is 23.7 Å². The lowest BCUT2D eigenvalue weighted by Gasteiger charge is -2.29. The van der Waals surface area contributed by atoms with Gasteiger partial charge < -0.3 is 9.32 Å². The van der Waals surface area contributed by atoms with Crippen LogP contribution in [0.4, 0.5) is 0 Å². The summed E-state index contributed by atoms with van der Waals surface area (Å²) in [6.45, 7) is 1.60. The molecule has 2 aromatic rings. The Balaban J connectivity index is 1.92. The highest BCUT2D eigenvalue weighted by Gasteiger charge is 2.24. The summed E-state index contributed by atoms with van der Waals surface area (Å²) in [7, 11) is 0. The fraction of sp³-hybridized carbons (Fsp3) is 0.214. The summed E-state index contributed by atoms with van der Waals surface area (Å²) in [5.74, 6) is 0.817. The first-order valence-corrected chi connectivity index (χ1v) is 6.75. The second-order valence-corrected chi connectivity index (χ2v) is 5.28. The Morgan fingerprint density at radius 2 is 1.95 bits per heavy atom. The zero-order chi connectivity index (χ0) is 13.4. The van der Waals surface area contributed by atoms with Crippen molar-refractivity contribution in [3.05, 3.63) is 46.1 Å². The van der Waals surface area contributed by atoms with Crippen LogP contribution in [0.15, 0.2) is 34.7 Å². The van der Waals surface area contributed by atoms with E-state index in [9.17, 15) is 4.79 Å². The Bertz CT molecular complexity index is 632. The van der Waals surface area contributed by atoms with Gasteiger partial charge in [-0.05, 0) is 36.8 Å². The van der Waals surface area contributed by atoms with Crippen LogP contribution in [-0.4, -0.2) is 23.9 Å². The second kappa shape index (κ2) is 4.91. The molecule has 1 aliphatic heterocycles. The topological polar surface area (TPSA) is 33.5 Å². The first-order chi connectivity index (χ1) is 9.15. The maximum atomic E-state index is 12.0. The number of furan rings is 1. The summed E-state index contributed by atoms with van der Waals surface area (Å²) in [5, 5.41) is 1.12. The van der Waals surface area contributed by atoms with Gasteiger partial charge in [-0.15, -0.1) is 0 Å². The van der Waals surface area contributed by atoms with Crippen molar-refractivity contribution in [1.82, 2.24) is 4.90 Å². The molecule has 0 atom stereocenters. The van der Waals surface area contributed by atoms with E-state index in [0.29, 0.717) is 27.1 Å². The monoisotopic (exact) mass is 295 g/mol. The third-order valence-corrected chi connectivity index (χ3v) is 3.72. The lowest BCUT2D eigenvalue weighted by atomic mass is 10.2. The number of hydrogen-bond acceptors (Lipinski definition) is 2. The Hall–Kier alpha value is -1.45. The molecule has 1 saturated heterocycles. The van der Waals surface area contributed by atoms with Crippen LogP contribution in [0.3, 0.4) is 0 Å². The summed E-state index contributed by atoms with van der Waals surface area (Å²) in [5.41, 5.74) is 0.692. The predicted molar refractivity (Wildman–Crippen MR) is 74.7 cm³/mol. The largest absolute Gasteiger partial charge is 0.451 e. The van der Waals surface area contributed by atoms with Crippen molar-refractivity contribution in [2.24, 2.45) is 0 Å². The van der Waals surface area contributed by atoms with Gasteiger partial charge in [0.25, 0.3) is 5.91 Å². The van der Waals surface area contributed by atoms with Crippen molar-refractivity contribution < 1.29 is 9.21 Å². The number of halogens is 2. The summed E-state index contributed by atoms with van der Waals surface area (Å²) in [4.78, 5) is 13.7. The fourth-order valence-corrected chi connectivity index (χ4v) is 2.34. The van der Waals surface area contributed by atoms with E-state index in [1.807, 2.05) is 0 Å². The minimum absolute atomic E-state index is 0.0735. The number of hydrogen-bond donors (Lipinski definition) is 0. The van der Waals surface area contributed by atoms with E-state index < -0.39 is 0 Å². The van der Waals surface area contributed by atoms with Crippen LogP contribution in [0.2, 0.25) is 10.0 Å². The molecule has 1 aromatic carbocycles. The maximum absolute atomic E-state index is 12.0. The van der Waals surface area contributed by atoms with Crippen LogP contribution >= 0.6 is 23.2 Å². The van der Waals surface area contributed by atoms with Gasteiger partial charge in [-0.3, -0.25) is 4.79 Å². The normalized spacial score (nSPS) is 14.3. The Morgan fingerprint density at radius 1 is 1.16 bits per heavy atom. The average molecular weight is 296 g/mol. The van der Waals surface area contributed by atoms with Crippen molar-refractivity contribution >= 4 is 29.1 Å². The molecule has 19 heavy (non-hydrogen) atoms. The molecule has 1 amide bonds. The minimum Gasteiger partial charge on any atom is -0.451 e. The molecule has 1 aromatic heterocycles. The lowest BCUT2D eigenvalue weighted by Crippen LogP contribution is -2.41. The first kappa shape index (κ1) is 12.6. The number of rotatable bonds is 2. The molecule has 0 aliphatic carbocycles. The summed E-state index contributed by atoms with van der Waals surface area (Å²) < 4.78 is 5.59. The quantitative estimate of drug-likeness (QED) is 0.836. The molecular weight excluding hydrogens is 285 g/mol. The van der Waals surface area contributed by atoms with E-state index in [4.69, 9.17) is 27.6 Å². The van der Waals surface area contributed by atoms with Gasteiger partial charge in [0.15, 0.2) is 5.76 Å². The minimum atomic E-state index is -0.0735. The highest BCUT2D eigenvalue weighted by molar-refractivity contribution is 6.35. The molecule has 0 spiro atoms. The van der Waals surface area contributed by atoms with Crippen molar-refractivity contribution in [3.63, 3.8) is 0 Å². The Kier molecular flexibility index (Phi) is 3.25. The molecule has 0 radical (unpaired) electrons. The molecule has 1 fully saturated rings. The van der Waals surface area contributed by atoms with Gasteiger partial charge in [0.2, 0.25) is 0 Å². The predicted octanol–water partition coefficient (Wildman–Crippen LogP) is 4.10. The van der Waals surface area contributed by atoms with Gasteiger partial charge in [0.1, 0.15) is 5.76 Å². The SMILES string of the molecule is O=C(c1ccc(-c2cc(Cl)ccc2Cl)o1)N1CCC1. The van der Waals surface area contributed by atoms with E-state index in [-0.39, 0.29) is 5.91 Å². The van der Waals surface area contributed by atoms with Crippen molar-refractivity contribution in [1.29, 1.82) is 0 Å². The van der Waals surface area contributed by atoms with Gasteiger partial charge in [0.05, 0.1) is 5.02 Å².